The minimum absolute atomic E-state index is 0.175. The topological polar surface area (TPSA) is 79.9 Å². The Morgan fingerprint density at radius 2 is 1.74 bits per heavy atom. The van der Waals surface area contributed by atoms with E-state index in [1.807, 2.05) is 85.8 Å². The number of methoxy groups -OCH3 is 1. The van der Waals surface area contributed by atoms with Gasteiger partial charge in [0.15, 0.2) is 5.82 Å². The van der Waals surface area contributed by atoms with Gasteiger partial charge in [0, 0.05) is 5.56 Å². The molecule has 0 saturated carbocycles. The Balaban J connectivity index is 1.61. The van der Waals surface area contributed by atoms with Gasteiger partial charge in [0.2, 0.25) is 11.1 Å². The summed E-state index contributed by atoms with van der Waals surface area (Å²) in [5, 5.41) is 10.2. The molecule has 1 amide bonds. The first kappa shape index (κ1) is 20.7. The highest BCUT2D eigenvalue weighted by Crippen LogP contribution is 2.36. The molecule has 156 valence electrons. The fraction of sp³-hybridized carbons (Fsp3) is 0.125. The Kier molecular flexibility index (Phi) is 6.33. The van der Waals surface area contributed by atoms with Gasteiger partial charge in [-0.15, -0.1) is 5.10 Å². The molecule has 0 fully saturated rings. The Hall–Kier alpha value is -3.58. The SMILES string of the molecule is COc1ccc(C)cc1NC(=O)C(Sc1n[nH]c(-c2ccccc2)n1)c1ccccc1. The average molecular weight is 431 g/mol. The highest BCUT2D eigenvalue weighted by Gasteiger charge is 2.25. The summed E-state index contributed by atoms with van der Waals surface area (Å²) in [5.41, 5.74) is 3.46. The normalized spacial score (nSPS) is 11.7. The van der Waals surface area contributed by atoms with E-state index >= 15 is 0 Å². The van der Waals surface area contributed by atoms with Crippen LogP contribution < -0.4 is 10.1 Å². The van der Waals surface area contributed by atoms with E-state index in [2.05, 4.69) is 20.5 Å². The molecule has 3 aromatic carbocycles. The first-order chi connectivity index (χ1) is 15.1. The van der Waals surface area contributed by atoms with Crippen LogP contribution in [0.3, 0.4) is 0 Å². The number of benzene rings is 3. The molecule has 7 heteroatoms. The average Bonchev–Trinajstić information content (AvgIpc) is 3.27. The van der Waals surface area contributed by atoms with Crippen molar-refractivity contribution < 1.29 is 9.53 Å². The fourth-order valence-electron chi connectivity index (χ4n) is 3.15. The molecule has 31 heavy (non-hydrogen) atoms. The molecule has 1 atom stereocenters. The van der Waals surface area contributed by atoms with Gasteiger partial charge in [-0.25, -0.2) is 4.98 Å². The van der Waals surface area contributed by atoms with Gasteiger partial charge in [-0.1, -0.05) is 78.5 Å². The van der Waals surface area contributed by atoms with Gasteiger partial charge in [-0.3, -0.25) is 9.89 Å². The second-order valence-corrected chi connectivity index (χ2v) is 8.01. The number of hydrogen-bond acceptors (Lipinski definition) is 5. The highest BCUT2D eigenvalue weighted by molar-refractivity contribution is 8.00. The Bertz CT molecular complexity index is 1160. The number of thioether (sulfide) groups is 1. The van der Waals surface area contributed by atoms with Gasteiger partial charge in [0.05, 0.1) is 12.8 Å². The van der Waals surface area contributed by atoms with Gasteiger partial charge < -0.3 is 10.1 Å². The quantitative estimate of drug-likeness (QED) is 0.391. The first-order valence-corrected chi connectivity index (χ1v) is 10.7. The molecule has 6 nitrogen and oxygen atoms in total. The lowest BCUT2D eigenvalue weighted by molar-refractivity contribution is -0.115. The van der Waals surface area contributed by atoms with Crippen molar-refractivity contribution in [2.24, 2.45) is 0 Å². The smallest absolute Gasteiger partial charge is 0.242 e. The Morgan fingerprint density at radius 3 is 2.45 bits per heavy atom. The van der Waals surface area contributed by atoms with Gasteiger partial charge >= 0.3 is 0 Å². The molecule has 0 radical (unpaired) electrons. The fourth-order valence-corrected chi connectivity index (χ4v) is 4.06. The van der Waals surface area contributed by atoms with Gasteiger partial charge in [-0.05, 0) is 30.2 Å². The number of aromatic amines is 1. The van der Waals surface area contributed by atoms with Crippen molar-refractivity contribution in [1.29, 1.82) is 0 Å². The molecule has 0 bridgehead atoms. The maximum Gasteiger partial charge on any atom is 0.242 e. The second kappa shape index (κ2) is 9.49. The number of hydrogen-bond donors (Lipinski definition) is 2. The summed E-state index contributed by atoms with van der Waals surface area (Å²) in [4.78, 5) is 17.9. The zero-order chi connectivity index (χ0) is 21.6. The molecule has 4 aromatic rings. The molecule has 0 spiro atoms. The lowest BCUT2D eigenvalue weighted by atomic mass is 10.1. The number of ether oxygens (including phenoxy) is 1. The Morgan fingerprint density at radius 1 is 1.03 bits per heavy atom. The number of carbonyl (C=O) groups is 1. The number of nitrogens with zero attached hydrogens (tertiary/aromatic N) is 2. The zero-order valence-corrected chi connectivity index (χ0v) is 18.0. The molecule has 4 rings (SSSR count). The van der Waals surface area contributed by atoms with Gasteiger partial charge in [0.1, 0.15) is 11.0 Å². The van der Waals surface area contributed by atoms with Crippen molar-refractivity contribution in [2.75, 3.05) is 12.4 Å². The number of rotatable bonds is 7. The van der Waals surface area contributed by atoms with Crippen LogP contribution in [0.2, 0.25) is 0 Å². The molecule has 0 saturated heterocycles. The van der Waals surface area contributed by atoms with E-state index in [1.54, 1.807) is 7.11 Å². The van der Waals surface area contributed by atoms with Crippen LogP contribution >= 0.6 is 11.8 Å². The summed E-state index contributed by atoms with van der Waals surface area (Å²) in [7, 11) is 1.59. The minimum atomic E-state index is -0.536. The van der Waals surface area contributed by atoms with E-state index in [0.717, 1.165) is 16.7 Å². The maximum absolute atomic E-state index is 13.3. The number of aryl methyl sites for hydroxylation is 1. The van der Waals surface area contributed by atoms with E-state index in [0.29, 0.717) is 22.4 Å². The number of carbonyl (C=O) groups excluding carboxylic acids is 1. The number of H-pyrrole nitrogens is 1. The summed E-state index contributed by atoms with van der Waals surface area (Å²) in [6, 6.07) is 25.0. The molecule has 1 heterocycles. The molecule has 0 aliphatic rings. The van der Waals surface area contributed by atoms with Crippen LogP contribution in [0.5, 0.6) is 5.75 Å². The molecule has 0 aliphatic carbocycles. The van der Waals surface area contributed by atoms with Crippen LogP contribution in [0.1, 0.15) is 16.4 Å². The number of nitrogens with one attached hydrogen (secondary N) is 2. The van der Waals surface area contributed by atoms with Crippen LogP contribution in [0.25, 0.3) is 11.4 Å². The molecule has 1 unspecified atom stereocenters. The van der Waals surface area contributed by atoms with Crippen molar-refractivity contribution in [2.45, 2.75) is 17.3 Å². The zero-order valence-electron chi connectivity index (χ0n) is 17.2. The summed E-state index contributed by atoms with van der Waals surface area (Å²) >= 11 is 1.30. The third-order valence-corrected chi connectivity index (χ3v) is 5.80. The Labute approximate surface area is 185 Å². The molecular formula is C24H22N4O2S. The van der Waals surface area contributed by atoms with Crippen molar-refractivity contribution in [3.63, 3.8) is 0 Å². The molecule has 1 aromatic heterocycles. The largest absolute Gasteiger partial charge is 0.495 e. The van der Waals surface area contributed by atoms with Crippen molar-refractivity contribution in [3.8, 4) is 17.1 Å². The van der Waals surface area contributed by atoms with Crippen molar-refractivity contribution in [1.82, 2.24) is 15.2 Å². The van der Waals surface area contributed by atoms with Gasteiger partial charge in [0.25, 0.3) is 0 Å². The highest BCUT2D eigenvalue weighted by atomic mass is 32.2. The third kappa shape index (κ3) is 4.95. The van der Waals surface area contributed by atoms with Crippen molar-refractivity contribution in [3.05, 3.63) is 90.0 Å². The van der Waals surface area contributed by atoms with Crippen LogP contribution in [0.4, 0.5) is 5.69 Å². The number of anilines is 1. The lowest BCUT2D eigenvalue weighted by Gasteiger charge is -2.17. The maximum atomic E-state index is 13.3. The third-order valence-electron chi connectivity index (χ3n) is 4.69. The molecule has 0 aliphatic heterocycles. The van der Waals surface area contributed by atoms with Crippen LogP contribution in [0.15, 0.2) is 84.0 Å². The number of aromatic nitrogens is 3. The molecular weight excluding hydrogens is 408 g/mol. The van der Waals surface area contributed by atoms with Crippen LogP contribution in [0, 0.1) is 6.92 Å². The minimum Gasteiger partial charge on any atom is -0.495 e. The van der Waals surface area contributed by atoms with E-state index in [1.165, 1.54) is 11.8 Å². The summed E-state index contributed by atoms with van der Waals surface area (Å²) in [5.74, 6) is 1.10. The van der Waals surface area contributed by atoms with E-state index in [4.69, 9.17) is 4.74 Å². The monoisotopic (exact) mass is 430 g/mol. The van der Waals surface area contributed by atoms with Crippen LogP contribution in [-0.4, -0.2) is 28.2 Å². The second-order valence-electron chi connectivity index (χ2n) is 6.93. The van der Waals surface area contributed by atoms with Crippen LogP contribution in [-0.2, 0) is 4.79 Å². The van der Waals surface area contributed by atoms with E-state index < -0.39 is 5.25 Å². The van der Waals surface area contributed by atoms with E-state index in [-0.39, 0.29) is 5.91 Å². The summed E-state index contributed by atoms with van der Waals surface area (Å²) in [6.07, 6.45) is 0. The van der Waals surface area contributed by atoms with E-state index in [9.17, 15) is 4.79 Å². The number of amides is 1. The summed E-state index contributed by atoms with van der Waals surface area (Å²) < 4.78 is 5.41. The predicted octanol–water partition coefficient (Wildman–Crippen LogP) is 5.26. The first-order valence-electron chi connectivity index (χ1n) is 9.79. The predicted molar refractivity (Wildman–Crippen MR) is 123 cm³/mol. The van der Waals surface area contributed by atoms with Gasteiger partial charge in [-0.2, -0.15) is 0 Å². The lowest BCUT2D eigenvalue weighted by Crippen LogP contribution is -2.19. The van der Waals surface area contributed by atoms with Crippen molar-refractivity contribution >= 4 is 23.4 Å². The standard InChI is InChI=1S/C24H22N4O2S/c1-16-13-14-20(30-2)19(15-16)25-23(29)21(17-9-5-3-6-10-17)31-24-26-22(27-28-24)18-11-7-4-8-12-18/h3-15,21H,1-2H3,(H,25,29)(H,26,27,28). The molecule has 2 N–H and O–H groups in total. The summed E-state index contributed by atoms with van der Waals surface area (Å²) in [6.45, 7) is 1.97.